The maximum absolute atomic E-state index is 14.6. The molecule has 3 unspecified atom stereocenters. The molecule has 2 aromatic rings. The first-order valence-corrected chi connectivity index (χ1v) is 16.0. The summed E-state index contributed by atoms with van der Waals surface area (Å²) in [7, 11) is 0. The predicted octanol–water partition coefficient (Wildman–Crippen LogP) is 4.99. The van der Waals surface area contributed by atoms with E-state index < -0.39 is 29.6 Å². The number of unbranched alkanes of at least 4 members (excludes halogenated alkanes) is 2. The number of amides is 3. The number of ether oxygens (including phenoxy) is 1. The van der Waals surface area contributed by atoms with Crippen molar-refractivity contribution >= 4 is 56.6 Å². The van der Waals surface area contributed by atoms with Crippen LogP contribution in [0.1, 0.15) is 25.7 Å². The molecule has 6 atom stereocenters. The number of para-hydroxylation sites is 1. The van der Waals surface area contributed by atoms with Crippen LogP contribution in [0.25, 0.3) is 0 Å². The molecule has 5 rings (SSSR count). The summed E-state index contributed by atoms with van der Waals surface area (Å²) in [6.07, 6.45) is 5.04. The van der Waals surface area contributed by atoms with E-state index in [4.69, 9.17) is 16.3 Å². The SMILES string of the molecule is C=CCN(C(=O)C1N(CCCCCO)C(=O)[C@@H]2[C@H](C(=O)N(CC=C)c3ccccc3)[C@H]3OC12CC3Br)c1ccc(Cl)cc1. The van der Waals surface area contributed by atoms with Gasteiger partial charge in [-0.2, -0.15) is 0 Å². The number of rotatable bonds is 13. The van der Waals surface area contributed by atoms with Crippen molar-refractivity contribution in [2.75, 3.05) is 36.0 Å². The van der Waals surface area contributed by atoms with E-state index in [1.54, 1.807) is 51.1 Å². The smallest absolute Gasteiger partial charge is 0.253 e. The average molecular weight is 671 g/mol. The van der Waals surface area contributed by atoms with Gasteiger partial charge >= 0.3 is 0 Å². The Morgan fingerprint density at radius 2 is 1.63 bits per heavy atom. The fourth-order valence-electron chi connectivity index (χ4n) is 6.96. The molecular formula is C33H37BrClN3O5. The van der Waals surface area contributed by atoms with E-state index in [-0.39, 0.29) is 42.2 Å². The number of carbonyl (C=O) groups excluding carboxylic acids is 3. The van der Waals surface area contributed by atoms with E-state index >= 15 is 0 Å². The maximum Gasteiger partial charge on any atom is 0.253 e. The molecule has 0 saturated carbocycles. The highest BCUT2D eigenvalue weighted by Gasteiger charge is 2.76. The van der Waals surface area contributed by atoms with Gasteiger partial charge in [0.15, 0.2) is 0 Å². The van der Waals surface area contributed by atoms with Crippen LogP contribution in [0.2, 0.25) is 5.02 Å². The molecule has 0 radical (unpaired) electrons. The molecule has 43 heavy (non-hydrogen) atoms. The van der Waals surface area contributed by atoms with Gasteiger partial charge in [0, 0.05) is 47.5 Å². The maximum atomic E-state index is 14.6. The molecular weight excluding hydrogens is 634 g/mol. The zero-order valence-corrected chi connectivity index (χ0v) is 26.3. The van der Waals surface area contributed by atoms with Gasteiger partial charge in [0.25, 0.3) is 5.91 Å². The third kappa shape index (κ3) is 5.68. The minimum atomic E-state index is -1.19. The number of fused-ring (bicyclic) bond motifs is 1. The van der Waals surface area contributed by atoms with Crippen molar-refractivity contribution in [3.05, 3.63) is 84.9 Å². The zero-order valence-electron chi connectivity index (χ0n) is 24.0. The Labute approximate surface area is 266 Å². The van der Waals surface area contributed by atoms with Crippen molar-refractivity contribution in [2.24, 2.45) is 11.8 Å². The lowest BCUT2D eigenvalue weighted by molar-refractivity contribution is -0.140. The number of alkyl halides is 1. The molecule has 228 valence electrons. The number of carbonyl (C=O) groups is 3. The fourth-order valence-corrected chi connectivity index (χ4v) is 8.03. The van der Waals surface area contributed by atoms with Crippen LogP contribution in [0.5, 0.6) is 0 Å². The van der Waals surface area contributed by atoms with Gasteiger partial charge < -0.3 is 24.5 Å². The molecule has 3 heterocycles. The van der Waals surface area contributed by atoms with Crippen LogP contribution >= 0.6 is 27.5 Å². The van der Waals surface area contributed by atoms with Crippen molar-refractivity contribution in [3.8, 4) is 0 Å². The number of aliphatic hydroxyl groups is 1. The second kappa shape index (κ2) is 13.3. The normalized spacial score (nSPS) is 27.2. The molecule has 10 heteroatoms. The molecule has 3 aliphatic heterocycles. The number of hydrogen-bond acceptors (Lipinski definition) is 5. The summed E-state index contributed by atoms with van der Waals surface area (Å²) in [5.41, 5.74) is 0.139. The number of hydrogen-bond donors (Lipinski definition) is 1. The number of aliphatic hydroxyl groups excluding tert-OH is 1. The Bertz CT molecular complexity index is 1360. The van der Waals surface area contributed by atoms with Gasteiger partial charge in [-0.25, -0.2) is 0 Å². The Kier molecular flexibility index (Phi) is 9.76. The minimum Gasteiger partial charge on any atom is -0.396 e. The molecule has 3 saturated heterocycles. The van der Waals surface area contributed by atoms with E-state index in [0.717, 1.165) is 0 Å². The Balaban J connectivity index is 1.56. The summed E-state index contributed by atoms with van der Waals surface area (Å²) in [6, 6.07) is 15.3. The summed E-state index contributed by atoms with van der Waals surface area (Å²) in [6.45, 7) is 8.56. The van der Waals surface area contributed by atoms with Crippen LogP contribution in [0.4, 0.5) is 11.4 Å². The Morgan fingerprint density at radius 3 is 2.26 bits per heavy atom. The lowest BCUT2D eigenvalue weighted by Gasteiger charge is -2.37. The van der Waals surface area contributed by atoms with Crippen molar-refractivity contribution in [3.63, 3.8) is 0 Å². The van der Waals surface area contributed by atoms with Gasteiger partial charge in [-0.15, -0.1) is 13.2 Å². The van der Waals surface area contributed by atoms with Gasteiger partial charge in [-0.3, -0.25) is 14.4 Å². The van der Waals surface area contributed by atoms with Gasteiger partial charge in [-0.05, 0) is 62.1 Å². The number of benzene rings is 2. The lowest BCUT2D eigenvalue weighted by atomic mass is 9.70. The van der Waals surface area contributed by atoms with Crippen LogP contribution in [0.3, 0.4) is 0 Å². The van der Waals surface area contributed by atoms with E-state index in [1.165, 1.54) is 0 Å². The van der Waals surface area contributed by atoms with E-state index in [9.17, 15) is 19.5 Å². The van der Waals surface area contributed by atoms with Crippen molar-refractivity contribution in [1.82, 2.24) is 4.90 Å². The van der Waals surface area contributed by atoms with Crippen LogP contribution in [-0.4, -0.2) is 76.5 Å². The van der Waals surface area contributed by atoms with Gasteiger partial charge in [0.1, 0.15) is 11.6 Å². The highest BCUT2D eigenvalue weighted by molar-refractivity contribution is 9.09. The topological polar surface area (TPSA) is 90.4 Å². The highest BCUT2D eigenvalue weighted by atomic mass is 79.9. The van der Waals surface area contributed by atoms with Gasteiger partial charge in [0.05, 0.1) is 17.9 Å². The van der Waals surface area contributed by atoms with Crippen molar-refractivity contribution < 1.29 is 24.2 Å². The molecule has 1 N–H and O–H groups in total. The lowest BCUT2D eigenvalue weighted by Crippen LogP contribution is -2.57. The third-order valence-corrected chi connectivity index (χ3v) is 9.82. The second-order valence-corrected chi connectivity index (χ2v) is 12.9. The van der Waals surface area contributed by atoms with Gasteiger partial charge in [-0.1, -0.05) is 57.9 Å². The summed E-state index contributed by atoms with van der Waals surface area (Å²) in [5.74, 6) is -2.37. The summed E-state index contributed by atoms with van der Waals surface area (Å²) < 4.78 is 6.72. The molecule has 0 aliphatic carbocycles. The molecule has 1 spiro atoms. The van der Waals surface area contributed by atoms with Crippen molar-refractivity contribution in [1.29, 1.82) is 0 Å². The zero-order chi connectivity index (χ0) is 30.7. The Morgan fingerprint density at radius 1 is 1.00 bits per heavy atom. The third-order valence-electron chi connectivity index (χ3n) is 8.73. The van der Waals surface area contributed by atoms with Crippen LogP contribution < -0.4 is 9.80 Å². The predicted molar refractivity (Wildman–Crippen MR) is 171 cm³/mol. The summed E-state index contributed by atoms with van der Waals surface area (Å²) in [5, 5.41) is 9.86. The van der Waals surface area contributed by atoms with E-state index in [1.807, 2.05) is 30.3 Å². The first-order chi connectivity index (χ1) is 20.8. The van der Waals surface area contributed by atoms with Crippen LogP contribution in [-0.2, 0) is 19.1 Å². The first kappa shape index (κ1) is 31.4. The van der Waals surface area contributed by atoms with Crippen LogP contribution in [0, 0.1) is 11.8 Å². The van der Waals surface area contributed by atoms with E-state index in [0.29, 0.717) is 48.6 Å². The number of nitrogens with zero attached hydrogens (tertiary/aromatic N) is 3. The average Bonchev–Trinajstić information content (AvgIpc) is 3.60. The monoisotopic (exact) mass is 669 g/mol. The summed E-state index contributed by atoms with van der Waals surface area (Å²) >= 11 is 9.90. The van der Waals surface area contributed by atoms with E-state index in [2.05, 4.69) is 29.1 Å². The first-order valence-electron chi connectivity index (χ1n) is 14.7. The molecule has 2 bridgehead atoms. The largest absolute Gasteiger partial charge is 0.396 e. The molecule has 3 fully saturated rings. The molecule has 2 aromatic carbocycles. The molecule has 8 nitrogen and oxygen atoms in total. The van der Waals surface area contributed by atoms with Crippen LogP contribution in [0.15, 0.2) is 79.9 Å². The number of likely N-dealkylation sites (tertiary alicyclic amines) is 1. The summed E-state index contributed by atoms with van der Waals surface area (Å²) in [4.78, 5) is 48.1. The highest BCUT2D eigenvalue weighted by Crippen LogP contribution is 2.60. The molecule has 3 amide bonds. The number of anilines is 2. The minimum absolute atomic E-state index is 0.0534. The second-order valence-electron chi connectivity index (χ2n) is 11.3. The molecule has 0 aromatic heterocycles. The van der Waals surface area contributed by atoms with Gasteiger partial charge in [0.2, 0.25) is 11.8 Å². The standard InChI is InChI=1S/C33H37BrClN3O5/c1-3-17-36(23-11-7-5-8-12-23)30(40)26-27-31(41)38(19-9-6-10-20-39)29(33(27)21-25(34)28(26)43-33)32(42)37(18-4-2)24-15-13-22(35)14-16-24/h3-5,7-8,11-16,25-29,39H,1-2,6,9-10,17-21H2/t25?,26-,27-,28-,29?,33?/m0/s1. The Hall–Kier alpha value is -2.98. The quantitative estimate of drug-likeness (QED) is 0.184. The molecule has 3 aliphatic rings. The fraction of sp³-hybridized carbons (Fsp3) is 0.424. The van der Waals surface area contributed by atoms with Crippen molar-refractivity contribution in [2.45, 2.75) is 48.3 Å². The number of halogens is 2.